The van der Waals surface area contributed by atoms with Gasteiger partial charge < -0.3 is 0 Å². The molecule has 0 heterocycles. The van der Waals surface area contributed by atoms with Gasteiger partial charge in [-0.3, -0.25) is 0 Å². The lowest BCUT2D eigenvalue weighted by atomic mass is 10.2. The van der Waals surface area contributed by atoms with Gasteiger partial charge in [0, 0.05) is 0 Å². The first-order valence-electron chi connectivity index (χ1n) is 5.05. The molecule has 0 saturated carbocycles. The van der Waals surface area contributed by atoms with Crippen molar-refractivity contribution in [3.63, 3.8) is 0 Å². The van der Waals surface area contributed by atoms with Crippen LogP contribution in [0, 0.1) is 0 Å². The minimum Gasteiger partial charge on any atom is -0.0810 e. The Balaban J connectivity index is 2.69. The molecule has 0 N–H and O–H groups in total. The molecule has 67 valence electrons. The largest absolute Gasteiger partial charge is 0.0810 e. The molecule has 0 aromatic carbocycles. The highest BCUT2D eigenvalue weighted by molar-refractivity contribution is 7.37. The summed E-state index contributed by atoms with van der Waals surface area (Å²) in [6.45, 7) is 4.54. The van der Waals surface area contributed by atoms with Crippen molar-refractivity contribution >= 4 is 8.58 Å². The predicted molar refractivity (Wildman–Crippen MR) is 55.7 cm³/mol. The van der Waals surface area contributed by atoms with Crippen molar-refractivity contribution in [1.82, 2.24) is 0 Å². The molecular weight excluding hydrogens is 151 g/mol. The summed E-state index contributed by atoms with van der Waals surface area (Å²) < 4.78 is 0. The van der Waals surface area contributed by atoms with Crippen LogP contribution in [0.1, 0.15) is 52.4 Å². The van der Waals surface area contributed by atoms with Crippen molar-refractivity contribution in [2.24, 2.45) is 0 Å². The Labute approximate surface area is 73.9 Å². The van der Waals surface area contributed by atoms with Gasteiger partial charge >= 0.3 is 0 Å². The standard InChI is InChI=1S/C10H22P/c1-3-5-6-7-8-10-11-9-4-2/h3-10H2,1-2H3. The summed E-state index contributed by atoms with van der Waals surface area (Å²) in [7, 11) is 1.68. The van der Waals surface area contributed by atoms with E-state index in [1.54, 1.807) is 8.58 Å². The summed E-state index contributed by atoms with van der Waals surface area (Å²) in [4.78, 5) is 0. The second-order valence-electron chi connectivity index (χ2n) is 3.09. The van der Waals surface area contributed by atoms with Crippen molar-refractivity contribution in [1.29, 1.82) is 0 Å². The van der Waals surface area contributed by atoms with Gasteiger partial charge in [-0.15, -0.1) is 0 Å². The molecule has 11 heavy (non-hydrogen) atoms. The lowest BCUT2D eigenvalue weighted by Gasteiger charge is -1.98. The monoisotopic (exact) mass is 173 g/mol. The van der Waals surface area contributed by atoms with Gasteiger partial charge in [0.1, 0.15) is 0 Å². The average molecular weight is 173 g/mol. The van der Waals surface area contributed by atoms with Crippen LogP contribution in [0.25, 0.3) is 0 Å². The van der Waals surface area contributed by atoms with Crippen LogP contribution >= 0.6 is 8.58 Å². The van der Waals surface area contributed by atoms with Gasteiger partial charge in [-0.25, -0.2) is 0 Å². The third-order valence-corrected chi connectivity index (χ3v) is 3.20. The van der Waals surface area contributed by atoms with E-state index in [-0.39, 0.29) is 0 Å². The van der Waals surface area contributed by atoms with Gasteiger partial charge in [0.05, 0.1) is 0 Å². The summed E-state index contributed by atoms with van der Waals surface area (Å²) in [6, 6.07) is 0. The fraction of sp³-hybridized carbons (Fsp3) is 1.00. The highest BCUT2D eigenvalue weighted by atomic mass is 31.1. The number of rotatable bonds is 8. The maximum atomic E-state index is 2.27. The first kappa shape index (κ1) is 11.4. The van der Waals surface area contributed by atoms with E-state index < -0.39 is 0 Å². The molecule has 0 aliphatic carbocycles. The predicted octanol–water partition coefficient (Wildman–Crippen LogP) is 4.31. The molecule has 0 saturated heterocycles. The smallest absolute Gasteiger partial charge is 0.0287 e. The van der Waals surface area contributed by atoms with Gasteiger partial charge in [0.25, 0.3) is 0 Å². The molecule has 0 aromatic rings. The Morgan fingerprint density at radius 3 is 2.09 bits per heavy atom. The minimum atomic E-state index is 1.36. The Hall–Kier alpha value is 0.430. The molecule has 0 aromatic heterocycles. The zero-order valence-corrected chi connectivity index (χ0v) is 9.00. The molecule has 0 bridgehead atoms. The number of hydrogen-bond donors (Lipinski definition) is 0. The molecular formula is C10H22P. The lowest BCUT2D eigenvalue weighted by Crippen LogP contribution is -1.81. The average Bonchev–Trinajstić information content (AvgIpc) is 2.03. The van der Waals surface area contributed by atoms with Gasteiger partial charge in [-0.05, 0) is 18.7 Å². The van der Waals surface area contributed by atoms with E-state index in [9.17, 15) is 0 Å². The van der Waals surface area contributed by atoms with Crippen LogP contribution in [0.5, 0.6) is 0 Å². The van der Waals surface area contributed by atoms with Crippen molar-refractivity contribution in [2.45, 2.75) is 52.4 Å². The normalized spacial score (nSPS) is 11.5. The molecule has 1 heteroatoms. The van der Waals surface area contributed by atoms with Crippen molar-refractivity contribution in [2.75, 3.05) is 12.3 Å². The van der Waals surface area contributed by atoms with E-state index >= 15 is 0 Å². The molecule has 0 unspecified atom stereocenters. The van der Waals surface area contributed by atoms with E-state index in [1.165, 1.54) is 50.8 Å². The Morgan fingerprint density at radius 2 is 1.45 bits per heavy atom. The van der Waals surface area contributed by atoms with E-state index in [1.807, 2.05) is 0 Å². The summed E-state index contributed by atoms with van der Waals surface area (Å²) >= 11 is 0. The first-order chi connectivity index (χ1) is 5.41. The van der Waals surface area contributed by atoms with Gasteiger partial charge in [0.2, 0.25) is 0 Å². The molecule has 0 nitrogen and oxygen atoms in total. The highest BCUT2D eigenvalue weighted by Gasteiger charge is 1.89. The fourth-order valence-electron chi connectivity index (χ4n) is 1.10. The zero-order chi connectivity index (χ0) is 8.36. The summed E-state index contributed by atoms with van der Waals surface area (Å²) in [5, 5.41) is 0. The maximum Gasteiger partial charge on any atom is -0.0287 e. The van der Waals surface area contributed by atoms with Crippen LogP contribution in [-0.4, -0.2) is 12.3 Å². The number of hydrogen-bond acceptors (Lipinski definition) is 0. The minimum absolute atomic E-state index is 1.36. The van der Waals surface area contributed by atoms with E-state index in [0.717, 1.165) is 0 Å². The first-order valence-corrected chi connectivity index (χ1v) is 6.31. The molecule has 0 fully saturated rings. The zero-order valence-electron chi connectivity index (χ0n) is 8.10. The molecule has 0 rings (SSSR count). The van der Waals surface area contributed by atoms with Crippen molar-refractivity contribution < 1.29 is 0 Å². The van der Waals surface area contributed by atoms with Gasteiger partial charge in [-0.2, -0.15) is 0 Å². The van der Waals surface area contributed by atoms with Crippen LogP contribution in [-0.2, 0) is 0 Å². The topological polar surface area (TPSA) is 0 Å². The molecule has 0 aliphatic rings. The molecule has 1 radical (unpaired) electrons. The highest BCUT2D eigenvalue weighted by Crippen LogP contribution is 2.14. The molecule has 0 spiro atoms. The quantitative estimate of drug-likeness (QED) is 0.379. The van der Waals surface area contributed by atoms with E-state index in [4.69, 9.17) is 0 Å². The molecule has 0 atom stereocenters. The summed E-state index contributed by atoms with van der Waals surface area (Å²) in [5.41, 5.74) is 0. The van der Waals surface area contributed by atoms with E-state index in [2.05, 4.69) is 13.8 Å². The van der Waals surface area contributed by atoms with Gasteiger partial charge in [-0.1, -0.05) is 54.5 Å². The third-order valence-electron chi connectivity index (χ3n) is 1.80. The molecule has 0 amide bonds. The van der Waals surface area contributed by atoms with Crippen molar-refractivity contribution in [3.8, 4) is 0 Å². The third kappa shape index (κ3) is 10.4. The Morgan fingerprint density at radius 1 is 0.727 bits per heavy atom. The fourth-order valence-corrected chi connectivity index (χ4v) is 2.08. The molecule has 0 aliphatic heterocycles. The van der Waals surface area contributed by atoms with Crippen LogP contribution < -0.4 is 0 Å². The van der Waals surface area contributed by atoms with Crippen LogP contribution in [0.15, 0.2) is 0 Å². The van der Waals surface area contributed by atoms with Crippen molar-refractivity contribution in [3.05, 3.63) is 0 Å². The summed E-state index contributed by atoms with van der Waals surface area (Å²) in [6.07, 6.45) is 11.4. The maximum absolute atomic E-state index is 2.27. The lowest BCUT2D eigenvalue weighted by molar-refractivity contribution is 0.658. The van der Waals surface area contributed by atoms with E-state index in [0.29, 0.717) is 0 Å². The second-order valence-corrected chi connectivity index (χ2v) is 4.43. The Kier molecular flexibility index (Phi) is 10.8. The second kappa shape index (κ2) is 10.4. The van der Waals surface area contributed by atoms with Gasteiger partial charge in [0.15, 0.2) is 0 Å². The van der Waals surface area contributed by atoms with Crippen LogP contribution in [0.4, 0.5) is 0 Å². The Bertz CT molecular complexity index is 53.9. The SMILES string of the molecule is CCCCCCC[P]CCC. The van der Waals surface area contributed by atoms with Crippen LogP contribution in [0.3, 0.4) is 0 Å². The summed E-state index contributed by atoms with van der Waals surface area (Å²) in [5.74, 6) is 0. The number of unbranched alkanes of at least 4 members (excludes halogenated alkanes) is 4. The van der Waals surface area contributed by atoms with Crippen LogP contribution in [0.2, 0.25) is 0 Å².